The van der Waals surface area contributed by atoms with Crippen LogP contribution < -0.4 is 5.73 Å². The van der Waals surface area contributed by atoms with Crippen molar-refractivity contribution < 1.29 is 4.74 Å². The predicted octanol–water partition coefficient (Wildman–Crippen LogP) is 1.38. The normalized spacial score (nSPS) is 31.6. The van der Waals surface area contributed by atoms with Gasteiger partial charge in [0.05, 0.1) is 0 Å². The highest BCUT2D eigenvalue weighted by Crippen LogP contribution is 2.31. The van der Waals surface area contributed by atoms with E-state index in [9.17, 15) is 0 Å². The zero-order valence-corrected chi connectivity index (χ0v) is 8.29. The summed E-state index contributed by atoms with van der Waals surface area (Å²) in [5.74, 6) is 1.10. The molecule has 0 saturated carbocycles. The van der Waals surface area contributed by atoms with Crippen molar-refractivity contribution in [1.82, 2.24) is 0 Å². The molecule has 0 unspecified atom stereocenters. The van der Waals surface area contributed by atoms with Crippen LogP contribution in [-0.4, -0.2) is 18.2 Å². The summed E-state index contributed by atoms with van der Waals surface area (Å²) in [4.78, 5) is 4.31. The van der Waals surface area contributed by atoms with Gasteiger partial charge in [0.15, 0.2) is 0 Å². The van der Waals surface area contributed by atoms with E-state index in [4.69, 9.17) is 10.5 Å². The van der Waals surface area contributed by atoms with Gasteiger partial charge in [-0.1, -0.05) is 20.8 Å². The molecule has 1 aliphatic rings. The molecule has 1 aliphatic heterocycles. The van der Waals surface area contributed by atoms with E-state index in [0.717, 1.165) is 0 Å². The largest absolute Gasteiger partial charge is 0.463 e. The molecule has 1 heterocycles. The number of aliphatic imine (C=N–C) groups is 1. The Hall–Kier alpha value is -0.730. The van der Waals surface area contributed by atoms with Crippen molar-refractivity contribution in [2.24, 2.45) is 22.6 Å². The summed E-state index contributed by atoms with van der Waals surface area (Å²) in [6, 6.07) is 0.338. The Bertz CT molecular complexity index is 201. The molecule has 0 fully saturated rings. The third-order valence-electron chi connectivity index (χ3n) is 2.86. The van der Waals surface area contributed by atoms with Crippen LogP contribution in [0.1, 0.15) is 27.7 Å². The highest BCUT2D eigenvalue weighted by Gasteiger charge is 2.37. The number of amidine groups is 1. The predicted molar refractivity (Wildman–Crippen MR) is 50.0 cm³/mol. The molecule has 1 rings (SSSR count). The van der Waals surface area contributed by atoms with Crippen LogP contribution in [0.15, 0.2) is 4.99 Å². The molecule has 0 aromatic rings. The maximum absolute atomic E-state index is 5.48. The van der Waals surface area contributed by atoms with E-state index in [1.54, 1.807) is 0 Å². The van der Waals surface area contributed by atoms with Crippen LogP contribution in [0.25, 0.3) is 0 Å². The first-order valence-electron chi connectivity index (χ1n) is 4.44. The van der Waals surface area contributed by atoms with E-state index in [1.807, 2.05) is 0 Å². The third kappa shape index (κ3) is 1.54. The van der Waals surface area contributed by atoms with Gasteiger partial charge >= 0.3 is 0 Å². The fourth-order valence-electron chi connectivity index (χ4n) is 1.49. The molecule has 0 bridgehead atoms. The number of nitrogens with zero attached hydrogens (tertiary/aromatic N) is 1. The van der Waals surface area contributed by atoms with Crippen LogP contribution in [0, 0.1) is 11.8 Å². The minimum atomic E-state index is -0.113. The number of hydrogen-bond donors (Lipinski definition) is 1. The van der Waals surface area contributed by atoms with E-state index in [0.29, 0.717) is 24.5 Å². The van der Waals surface area contributed by atoms with Crippen LogP contribution >= 0.6 is 0 Å². The summed E-state index contributed by atoms with van der Waals surface area (Å²) in [7, 11) is 0. The molecule has 3 heteroatoms. The Balaban J connectivity index is 2.73. The molecule has 0 radical (unpaired) electrons. The number of nitrogens with two attached hydrogens (primary N) is 1. The molecule has 0 amide bonds. The summed E-state index contributed by atoms with van der Waals surface area (Å²) in [5.41, 5.74) is 5.36. The lowest BCUT2D eigenvalue weighted by Crippen LogP contribution is -2.35. The third-order valence-corrected chi connectivity index (χ3v) is 2.86. The quantitative estimate of drug-likeness (QED) is 0.680. The molecular weight excluding hydrogens is 152 g/mol. The monoisotopic (exact) mass is 170 g/mol. The number of hydrogen-bond acceptors (Lipinski definition) is 3. The Morgan fingerprint density at radius 3 is 2.42 bits per heavy atom. The Morgan fingerprint density at radius 2 is 2.08 bits per heavy atom. The first kappa shape index (κ1) is 9.36. The van der Waals surface area contributed by atoms with Gasteiger partial charge in [-0.05, 0) is 18.8 Å². The topological polar surface area (TPSA) is 47.6 Å². The van der Waals surface area contributed by atoms with Gasteiger partial charge in [0.25, 0.3) is 6.02 Å². The number of rotatable bonds is 2. The lowest BCUT2D eigenvalue weighted by molar-refractivity contribution is 0.181. The first-order chi connectivity index (χ1) is 5.46. The summed E-state index contributed by atoms with van der Waals surface area (Å²) < 4.78 is 5.17. The van der Waals surface area contributed by atoms with E-state index in [-0.39, 0.29) is 5.54 Å². The van der Waals surface area contributed by atoms with Crippen molar-refractivity contribution >= 4 is 6.02 Å². The maximum atomic E-state index is 5.48. The standard InChI is InChI=1S/C9H18N2O/c1-6(2)7(3)9(4)5-12-8(10)11-9/h6-7H,5H2,1-4H3,(H2,10,11)/t7-,9+/m1/s1. The van der Waals surface area contributed by atoms with Crippen molar-refractivity contribution in [2.45, 2.75) is 33.2 Å². The molecule has 12 heavy (non-hydrogen) atoms. The van der Waals surface area contributed by atoms with Crippen LogP contribution in [0.4, 0.5) is 0 Å². The SMILES string of the molecule is CC(C)[C@@H](C)[C@]1(C)COC(N)=N1. The lowest BCUT2D eigenvalue weighted by Gasteiger charge is -2.29. The van der Waals surface area contributed by atoms with E-state index >= 15 is 0 Å². The smallest absolute Gasteiger partial charge is 0.282 e. The van der Waals surface area contributed by atoms with Crippen molar-refractivity contribution in [2.75, 3.05) is 6.61 Å². The molecule has 70 valence electrons. The summed E-state index contributed by atoms with van der Waals surface area (Å²) >= 11 is 0. The highest BCUT2D eigenvalue weighted by molar-refractivity contribution is 5.73. The van der Waals surface area contributed by atoms with Gasteiger partial charge in [-0.15, -0.1) is 0 Å². The van der Waals surface area contributed by atoms with Crippen molar-refractivity contribution in [3.05, 3.63) is 0 Å². The Kier molecular flexibility index (Phi) is 2.31. The van der Waals surface area contributed by atoms with Crippen LogP contribution in [0.3, 0.4) is 0 Å². The zero-order valence-electron chi connectivity index (χ0n) is 8.29. The van der Waals surface area contributed by atoms with Gasteiger partial charge in [0, 0.05) is 0 Å². The lowest BCUT2D eigenvalue weighted by atomic mass is 9.81. The second kappa shape index (κ2) is 2.96. The van der Waals surface area contributed by atoms with Gasteiger partial charge in [-0.2, -0.15) is 0 Å². The van der Waals surface area contributed by atoms with Crippen LogP contribution in [0.2, 0.25) is 0 Å². The Morgan fingerprint density at radius 1 is 1.50 bits per heavy atom. The highest BCUT2D eigenvalue weighted by atomic mass is 16.5. The molecule has 0 aromatic carbocycles. The summed E-state index contributed by atoms with van der Waals surface area (Å²) in [6.07, 6.45) is 0. The minimum Gasteiger partial charge on any atom is -0.463 e. The van der Waals surface area contributed by atoms with Gasteiger partial charge in [-0.3, -0.25) is 0 Å². The maximum Gasteiger partial charge on any atom is 0.282 e. The number of ether oxygens (including phenoxy) is 1. The molecule has 3 nitrogen and oxygen atoms in total. The molecule has 0 aliphatic carbocycles. The molecule has 0 spiro atoms. The molecular formula is C9H18N2O. The van der Waals surface area contributed by atoms with Crippen molar-refractivity contribution in [3.8, 4) is 0 Å². The summed E-state index contributed by atoms with van der Waals surface area (Å²) in [5, 5.41) is 0. The van der Waals surface area contributed by atoms with Crippen molar-refractivity contribution in [1.29, 1.82) is 0 Å². The van der Waals surface area contributed by atoms with Gasteiger partial charge in [0.2, 0.25) is 0 Å². The fraction of sp³-hybridized carbons (Fsp3) is 0.889. The summed E-state index contributed by atoms with van der Waals surface area (Å²) in [6.45, 7) is 9.30. The van der Waals surface area contributed by atoms with E-state index < -0.39 is 0 Å². The average molecular weight is 170 g/mol. The van der Waals surface area contributed by atoms with Gasteiger partial charge in [-0.25, -0.2) is 4.99 Å². The van der Waals surface area contributed by atoms with Gasteiger partial charge in [0.1, 0.15) is 12.1 Å². The first-order valence-corrected chi connectivity index (χ1v) is 4.44. The Labute approximate surface area is 74.0 Å². The fourth-order valence-corrected chi connectivity index (χ4v) is 1.49. The van der Waals surface area contributed by atoms with E-state index in [1.165, 1.54) is 0 Å². The molecule has 2 N–H and O–H groups in total. The second-order valence-corrected chi connectivity index (χ2v) is 4.13. The molecule has 2 atom stereocenters. The minimum absolute atomic E-state index is 0.113. The molecule has 0 saturated heterocycles. The second-order valence-electron chi connectivity index (χ2n) is 4.13. The van der Waals surface area contributed by atoms with Crippen LogP contribution in [-0.2, 0) is 4.74 Å². The zero-order chi connectivity index (χ0) is 9.35. The van der Waals surface area contributed by atoms with Gasteiger partial charge < -0.3 is 10.5 Å². The van der Waals surface area contributed by atoms with E-state index in [2.05, 4.69) is 32.7 Å². The van der Waals surface area contributed by atoms with Crippen LogP contribution in [0.5, 0.6) is 0 Å². The van der Waals surface area contributed by atoms with Crippen molar-refractivity contribution in [3.63, 3.8) is 0 Å². The average Bonchev–Trinajstić information content (AvgIpc) is 2.31. The molecule has 0 aromatic heterocycles.